The Morgan fingerprint density at radius 2 is 1.74 bits per heavy atom. The van der Waals surface area contributed by atoms with Crippen molar-refractivity contribution in [1.29, 1.82) is 0 Å². The quantitative estimate of drug-likeness (QED) is 0.262. The third kappa shape index (κ3) is 6.68. The second-order valence-corrected chi connectivity index (χ2v) is 9.79. The van der Waals surface area contributed by atoms with Crippen LogP contribution in [0.3, 0.4) is 0 Å². The van der Waals surface area contributed by atoms with Gasteiger partial charge in [-0.1, -0.05) is 19.8 Å². The number of pyridine rings is 1. The molecule has 1 aromatic carbocycles. The molecule has 3 aromatic rings. The molecule has 1 aliphatic rings. The monoisotopic (exact) mass is 526 g/mol. The Morgan fingerprint density at radius 1 is 1.05 bits per heavy atom. The summed E-state index contributed by atoms with van der Waals surface area (Å²) in [4.78, 5) is 4.66. The van der Waals surface area contributed by atoms with Gasteiger partial charge in [0.2, 0.25) is 17.7 Å². The van der Waals surface area contributed by atoms with Gasteiger partial charge in [-0.25, -0.2) is 4.98 Å². The maximum absolute atomic E-state index is 10.3. The molecule has 0 amide bonds. The average molecular weight is 527 g/mol. The van der Waals surface area contributed by atoms with E-state index >= 15 is 0 Å². The van der Waals surface area contributed by atoms with Crippen molar-refractivity contribution in [3.63, 3.8) is 0 Å². The predicted octanol–water partition coefficient (Wildman–Crippen LogP) is 3.02. The van der Waals surface area contributed by atoms with Crippen LogP contribution in [-0.2, 0) is 6.42 Å². The smallest absolute Gasteiger partial charge is 0.248 e. The van der Waals surface area contributed by atoms with Crippen molar-refractivity contribution in [3.8, 4) is 34.5 Å². The molecule has 2 aromatic heterocycles. The highest BCUT2D eigenvalue weighted by Gasteiger charge is 2.22. The zero-order chi connectivity index (χ0) is 27.1. The minimum absolute atomic E-state index is 0.0711. The number of ether oxygens (including phenoxy) is 2. The van der Waals surface area contributed by atoms with Gasteiger partial charge in [-0.2, -0.15) is 0 Å². The Labute approximate surface area is 223 Å². The normalized spacial score (nSPS) is 14.8. The summed E-state index contributed by atoms with van der Waals surface area (Å²) >= 11 is 0. The summed E-state index contributed by atoms with van der Waals surface area (Å²) in [5.41, 5.74) is 4.42. The number of nitrogens with one attached hydrogen (secondary N) is 1. The van der Waals surface area contributed by atoms with Gasteiger partial charge in [-0.05, 0) is 55.5 Å². The molecule has 206 valence electrons. The van der Waals surface area contributed by atoms with Crippen molar-refractivity contribution in [2.45, 2.75) is 64.0 Å². The highest BCUT2D eigenvalue weighted by molar-refractivity contribution is 5.63. The van der Waals surface area contributed by atoms with E-state index in [1.54, 1.807) is 7.11 Å². The van der Waals surface area contributed by atoms with Gasteiger partial charge in [0.15, 0.2) is 0 Å². The van der Waals surface area contributed by atoms with Crippen LogP contribution in [0, 0.1) is 6.92 Å². The first kappa shape index (κ1) is 28.0. The summed E-state index contributed by atoms with van der Waals surface area (Å²) in [6.45, 7) is 3.81. The molecule has 10 nitrogen and oxygen atoms in total. The molecular weight excluding hydrogens is 488 g/mol. The van der Waals surface area contributed by atoms with Crippen molar-refractivity contribution in [3.05, 3.63) is 41.1 Å². The van der Waals surface area contributed by atoms with Gasteiger partial charge in [0.1, 0.15) is 18.5 Å². The summed E-state index contributed by atoms with van der Waals surface area (Å²) in [5.74, 6) is 2.49. The number of aliphatic hydroxyl groups excluding tert-OH is 3. The van der Waals surface area contributed by atoms with Crippen LogP contribution in [-0.4, -0.2) is 76.1 Å². The van der Waals surface area contributed by atoms with Crippen LogP contribution in [0.4, 0.5) is 0 Å². The Kier molecular flexibility index (Phi) is 9.68. The topological polar surface area (TPSA) is 143 Å². The van der Waals surface area contributed by atoms with E-state index in [4.69, 9.17) is 24.1 Å². The summed E-state index contributed by atoms with van der Waals surface area (Å²) in [6, 6.07) is 7.27. The first-order valence-electron chi connectivity index (χ1n) is 13.2. The van der Waals surface area contributed by atoms with E-state index in [-0.39, 0.29) is 26.4 Å². The van der Waals surface area contributed by atoms with Gasteiger partial charge in [0, 0.05) is 35.3 Å². The Morgan fingerprint density at radius 3 is 2.37 bits per heavy atom. The number of hydrogen-bond donors (Lipinski definition) is 4. The van der Waals surface area contributed by atoms with Gasteiger partial charge >= 0.3 is 0 Å². The molecule has 1 fully saturated rings. The lowest BCUT2D eigenvalue weighted by atomic mass is 10.0. The summed E-state index contributed by atoms with van der Waals surface area (Å²) < 4.78 is 17.5. The molecule has 0 aliphatic heterocycles. The first-order chi connectivity index (χ1) is 18.4. The van der Waals surface area contributed by atoms with Crippen LogP contribution in [0.5, 0.6) is 11.6 Å². The van der Waals surface area contributed by atoms with Gasteiger partial charge < -0.3 is 34.5 Å². The maximum atomic E-state index is 10.3. The van der Waals surface area contributed by atoms with E-state index in [9.17, 15) is 5.11 Å². The van der Waals surface area contributed by atoms with E-state index in [2.05, 4.69) is 20.5 Å². The van der Waals surface area contributed by atoms with Crippen LogP contribution in [0.1, 0.15) is 55.3 Å². The lowest BCUT2D eigenvalue weighted by Crippen LogP contribution is -2.42. The second kappa shape index (κ2) is 13.1. The minimum Gasteiger partial charge on any atom is -0.490 e. The SMILES string of the molecule is CCc1cc(-c2nnc(-c3cc(OC)nc(C4CCCC4)c3)o2)cc(C)c1OC[C@@H](O)CNC(CO)CO. The molecule has 0 saturated heterocycles. The van der Waals surface area contributed by atoms with Gasteiger partial charge in [-0.15, -0.1) is 10.2 Å². The average Bonchev–Trinajstić information content (AvgIpc) is 3.65. The number of aromatic nitrogens is 3. The van der Waals surface area contributed by atoms with Gasteiger partial charge in [-0.3, -0.25) is 0 Å². The molecule has 2 heterocycles. The van der Waals surface area contributed by atoms with Gasteiger partial charge in [0.25, 0.3) is 0 Å². The maximum Gasteiger partial charge on any atom is 0.248 e. The molecule has 10 heteroatoms. The number of benzene rings is 1. The van der Waals surface area contributed by atoms with Crippen LogP contribution >= 0.6 is 0 Å². The van der Waals surface area contributed by atoms with Crippen molar-refractivity contribution in [2.24, 2.45) is 0 Å². The molecule has 38 heavy (non-hydrogen) atoms. The molecule has 0 spiro atoms. The lowest BCUT2D eigenvalue weighted by Gasteiger charge is -2.19. The Balaban J connectivity index is 1.51. The lowest BCUT2D eigenvalue weighted by molar-refractivity contribution is 0.0923. The largest absolute Gasteiger partial charge is 0.490 e. The molecule has 1 saturated carbocycles. The second-order valence-electron chi connectivity index (χ2n) is 9.79. The zero-order valence-electron chi connectivity index (χ0n) is 22.3. The van der Waals surface area contributed by atoms with Crippen molar-refractivity contribution in [1.82, 2.24) is 20.5 Å². The number of nitrogens with zero attached hydrogens (tertiary/aromatic N) is 3. The molecule has 1 atom stereocenters. The number of rotatable bonds is 13. The standard InChI is InChI=1S/C28H38N4O6/c1-4-18-10-20(9-17(2)26(18)37-16-23(35)13-29-22(14-33)15-34)27-31-32-28(38-27)21-11-24(19-7-5-6-8-19)30-25(12-21)36-3/h9-12,19,22-23,29,33-35H,4-8,13-16H2,1-3H3/t23-/m0/s1. The highest BCUT2D eigenvalue weighted by Crippen LogP contribution is 2.37. The van der Waals surface area contributed by atoms with Crippen LogP contribution in [0.25, 0.3) is 22.9 Å². The molecule has 0 bridgehead atoms. The molecule has 0 unspecified atom stereocenters. The van der Waals surface area contributed by atoms with Crippen LogP contribution in [0.2, 0.25) is 0 Å². The Bertz CT molecular complexity index is 1190. The van der Waals surface area contributed by atoms with Crippen molar-refractivity contribution >= 4 is 0 Å². The van der Waals surface area contributed by atoms with Crippen LogP contribution < -0.4 is 14.8 Å². The fraction of sp³-hybridized carbons (Fsp3) is 0.536. The number of methoxy groups -OCH3 is 1. The fourth-order valence-corrected chi connectivity index (χ4v) is 4.81. The molecule has 4 N–H and O–H groups in total. The zero-order valence-corrected chi connectivity index (χ0v) is 22.3. The number of aliphatic hydroxyl groups is 3. The summed E-state index contributed by atoms with van der Waals surface area (Å²) in [6.07, 6.45) is 4.59. The first-order valence-corrected chi connectivity index (χ1v) is 13.2. The summed E-state index contributed by atoms with van der Waals surface area (Å²) in [7, 11) is 1.61. The summed E-state index contributed by atoms with van der Waals surface area (Å²) in [5, 5.41) is 40.1. The Hall–Kier alpha value is -3.05. The third-order valence-electron chi connectivity index (χ3n) is 6.96. The van der Waals surface area contributed by atoms with E-state index in [1.807, 2.05) is 38.1 Å². The molecule has 1 aliphatic carbocycles. The molecule has 4 rings (SSSR count). The van der Waals surface area contributed by atoms with E-state index in [0.717, 1.165) is 40.8 Å². The highest BCUT2D eigenvalue weighted by atomic mass is 16.5. The minimum atomic E-state index is -0.802. The predicted molar refractivity (Wildman–Crippen MR) is 142 cm³/mol. The number of hydrogen-bond acceptors (Lipinski definition) is 10. The fourth-order valence-electron chi connectivity index (χ4n) is 4.81. The number of aryl methyl sites for hydroxylation is 2. The van der Waals surface area contributed by atoms with E-state index in [0.29, 0.717) is 35.7 Å². The van der Waals surface area contributed by atoms with E-state index in [1.165, 1.54) is 12.8 Å². The van der Waals surface area contributed by atoms with Gasteiger partial charge in [0.05, 0.1) is 26.4 Å². The molecule has 0 radical (unpaired) electrons. The van der Waals surface area contributed by atoms with Crippen molar-refractivity contribution in [2.75, 3.05) is 33.5 Å². The third-order valence-corrected chi connectivity index (χ3v) is 6.96. The molecular formula is C28H38N4O6. The van der Waals surface area contributed by atoms with Crippen LogP contribution in [0.15, 0.2) is 28.7 Å². The van der Waals surface area contributed by atoms with E-state index < -0.39 is 12.1 Å². The van der Waals surface area contributed by atoms with Crippen molar-refractivity contribution < 1.29 is 29.2 Å².